The molecular formula is C10H17NO3S. The van der Waals surface area contributed by atoms with E-state index in [4.69, 9.17) is 5.11 Å². The second-order valence-corrected chi connectivity index (χ2v) is 4.82. The molecular weight excluding hydrogens is 214 g/mol. The van der Waals surface area contributed by atoms with E-state index in [0.29, 0.717) is 13.0 Å². The van der Waals surface area contributed by atoms with E-state index in [2.05, 4.69) is 0 Å². The summed E-state index contributed by atoms with van der Waals surface area (Å²) in [6, 6.07) is 0. The van der Waals surface area contributed by atoms with Crippen molar-refractivity contribution in [2.75, 3.05) is 25.1 Å². The summed E-state index contributed by atoms with van der Waals surface area (Å²) >= 11 is 1.66. The molecule has 1 aliphatic rings. The number of thioether (sulfide) groups is 1. The molecule has 0 radical (unpaired) electrons. The Morgan fingerprint density at radius 1 is 1.53 bits per heavy atom. The molecule has 1 N–H and O–H groups in total. The molecule has 86 valence electrons. The summed E-state index contributed by atoms with van der Waals surface area (Å²) in [4.78, 5) is 23.9. The molecule has 1 atom stereocenters. The van der Waals surface area contributed by atoms with Gasteiger partial charge in [0.25, 0.3) is 0 Å². The Morgan fingerprint density at radius 2 is 2.27 bits per heavy atom. The van der Waals surface area contributed by atoms with Gasteiger partial charge in [-0.15, -0.1) is 0 Å². The summed E-state index contributed by atoms with van der Waals surface area (Å²) in [6.07, 6.45) is 3.56. The van der Waals surface area contributed by atoms with Gasteiger partial charge in [-0.3, -0.25) is 9.59 Å². The van der Waals surface area contributed by atoms with Crippen LogP contribution in [-0.4, -0.2) is 47.0 Å². The van der Waals surface area contributed by atoms with Gasteiger partial charge in [0.05, 0.1) is 0 Å². The Hall–Kier alpha value is -0.710. The number of nitrogens with zero attached hydrogens (tertiary/aromatic N) is 1. The Labute approximate surface area is 94.0 Å². The molecule has 0 aromatic rings. The smallest absolute Gasteiger partial charge is 0.303 e. The molecule has 4 nitrogen and oxygen atoms in total. The second-order valence-electron chi connectivity index (χ2n) is 3.84. The van der Waals surface area contributed by atoms with Crippen LogP contribution in [0.5, 0.6) is 0 Å². The number of likely N-dealkylation sites (tertiary alicyclic amines) is 1. The molecule has 1 heterocycles. The number of rotatable bonds is 5. The highest BCUT2D eigenvalue weighted by atomic mass is 32.2. The first-order chi connectivity index (χ1) is 7.13. The molecule has 0 bridgehead atoms. The molecule has 1 saturated heterocycles. The summed E-state index contributed by atoms with van der Waals surface area (Å²) < 4.78 is 0. The second kappa shape index (κ2) is 6.00. The Kier molecular flexibility index (Phi) is 4.94. The molecule has 0 spiro atoms. The Balaban J connectivity index is 2.29. The van der Waals surface area contributed by atoms with Crippen LogP contribution in [0.4, 0.5) is 0 Å². The van der Waals surface area contributed by atoms with Crippen LogP contribution in [0.25, 0.3) is 0 Å². The summed E-state index contributed by atoms with van der Waals surface area (Å²) in [5, 5.41) is 8.63. The lowest BCUT2D eigenvalue weighted by Crippen LogP contribution is -2.29. The average Bonchev–Trinajstić information content (AvgIpc) is 2.61. The molecule has 0 aromatic carbocycles. The van der Waals surface area contributed by atoms with Crippen molar-refractivity contribution in [3.63, 3.8) is 0 Å². The molecule has 1 rings (SSSR count). The number of amides is 1. The number of aliphatic carboxylic acids is 1. The van der Waals surface area contributed by atoms with E-state index >= 15 is 0 Å². The minimum atomic E-state index is -0.765. The van der Waals surface area contributed by atoms with Gasteiger partial charge in [0.2, 0.25) is 5.91 Å². The van der Waals surface area contributed by atoms with E-state index in [1.54, 1.807) is 16.7 Å². The maximum absolute atomic E-state index is 11.6. The highest BCUT2D eigenvalue weighted by molar-refractivity contribution is 7.98. The monoisotopic (exact) mass is 231 g/mol. The van der Waals surface area contributed by atoms with Gasteiger partial charge in [0.15, 0.2) is 0 Å². The van der Waals surface area contributed by atoms with Crippen molar-refractivity contribution in [1.29, 1.82) is 0 Å². The third-order valence-corrected chi connectivity index (χ3v) is 3.23. The largest absolute Gasteiger partial charge is 0.481 e. The van der Waals surface area contributed by atoms with Crippen molar-refractivity contribution >= 4 is 23.6 Å². The van der Waals surface area contributed by atoms with Gasteiger partial charge < -0.3 is 10.0 Å². The van der Waals surface area contributed by atoms with E-state index in [1.807, 2.05) is 6.26 Å². The van der Waals surface area contributed by atoms with Crippen LogP contribution < -0.4 is 0 Å². The number of carbonyl (C=O) groups excluding carboxylic acids is 1. The fourth-order valence-electron chi connectivity index (χ4n) is 1.82. The molecule has 1 aliphatic heterocycles. The number of carbonyl (C=O) groups is 2. The van der Waals surface area contributed by atoms with Gasteiger partial charge in [-0.25, -0.2) is 0 Å². The van der Waals surface area contributed by atoms with E-state index in [0.717, 1.165) is 18.7 Å². The van der Waals surface area contributed by atoms with Crippen LogP contribution >= 0.6 is 11.8 Å². The van der Waals surface area contributed by atoms with Gasteiger partial charge in [-0.05, 0) is 18.6 Å². The topological polar surface area (TPSA) is 57.6 Å². The normalized spacial score (nSPS) is 20.6. The van der Waals surface area contributed by atoms with Crippen molar-refractivity contribution in [2.24, 2.45) is 5.92 Å². The summed E-state index contributed by atoms with van der Waals surface area (Å²) in [6.45, 7) is 1.35. The van der Waals surface area contributed by atoms with Gasteiger partial charge in [0.1, 0.15) is 0 Å². The molecule has 0 aliphatic carbocycles. The first-order valence-electron chi connectivity index (χ1n) is 5.12. The van der Waals surface area contributed by atoms with Crippen molar-refractivity contribution in [2.45, 2.75) is 19.3 Å². The predicted octanol–water partition coefficient (Wildman–Crippen LogP) is 1.06. The van der Waals surface area contributed by atoms with Gasteiger partial charge in [-0.1, -0.05) is 0 Å². The zero-order valence-corrected chi connectivity index (χ0v) is 9.76. The Morgan fingerprint density at radius 3 is 2.87 bits per heavy atom. The zero-order chi connectivity index (χ0) is 11.3. The van der Waals surface area contributed by atoms with E-state index in [-0.39, 0.29) is 18.2 Å². The molecule has 1 fully saturated rings. The molecule has 0 aromatic heterocycles. The van der Waals surface area contributed by atoms with E-state index in [1.165, 1.54) is 0 Å². The first-order valence-corrected chi connectivity index (χ1v) is 6.51. The van der Waals surface area contributed by atoms with Crippen molar-refractivity contribution in [3.8, 4) is 0 Å². The molecule has 1 unspecified atom stereocenters. The molecule has 5 heteroatoms. The van der Waals surface area contributed by atoms with Crippen LogP contribution in [0.1, 0.15) is 19.3 Å². The SMILES string of the molecule is CSCCC(=O)N1CCC(CC(=O)O)C1. The van der Waals surface area contributed by atoms with E-state index < -0.39 is 5.97 Å². The molecule has 15 heavy (non-hydrogen) atoms. The predicted molar refractivity (Wildman–Crippen MR) is 59.9 cm³/mol. The number of carboxylic acid groups (broad SMARTS) is 1. The maximum atomic E-state index is 11.6. The highest BCUT2D eigenvalue weighted by Gasteiger charge is 2.27. The average molecular weight is 231 g/mol. The standard InChI is InChI=1S/C10H17NO3S/c1-15-5-3-9(12)11-4-2-8(7-11)6-10(13)14/h8H,2-7H2,1H3,(H,13,14). The lowest BCUT2D eigenvalue weighted by Gasteiger charge is -2.15. The summed E-state index contributed by atoms with van der Waals surface area (Å²) in [5.74, 6) is 0.398. The van der Waals surface area contributed by atoms with Crippen LogP contribution in [0.2, 0.25) is 0 Å². The van der Waals surface area contributed by atoms with Crippen LogP contribution in [-0.2, 0) is 9.59 Å². The van der Waals surface area contributed by atoms with E-state index in [9.17, 15) is 9.59 Å². The Bertz CT molecular complexity index is 245. The fourth-order valence-corrected chi connectivity index (χ4v) is 2.20. The number of hydrogen-bond acceptors (Lipinski definition) is 3. The zero-order valence-electron chi connectivity index (χ0n) is 8.94. The highest BCUT2D eigenvalue weighted by Crippen LogP contribution is 2.20. The van der Waals surface area contributed by atoms with Crippen LogP contribution in [0.15, 0.2) is 0 Å². The van der Waals surface area contributed by atoms with Crippen LogP contribution in [0.3, 0.4) is 0 Å². The summed E-state index contributed by atoms with van der Waals surface area (Å²) in [7, 11) is 0. The minimum absolute atomic E-state index is 0.153. The fraction of sp³-hybridized carbons (Fsp3) is 0.800. The maximum Gasteiger partial charge on any atom is 0.303 e. The minimum Gasteiger partial charge on any atom is -0.481 e. The van der Waals surface area contributed by atoms with Gasteiger partial charge in [-0.2, -0.15) is 11.8 Å². The lowest BCUT2D eigenvalue weighted by atomic mass is 10.1. The van der Waals surface area contributed by atoms with Crippen molar-refractivity contribution in [1.82, 2.24) is 4.90 Å². The van der Waals surface area contributed by atoms with Gasteiger partial charge in [0, 0.05) is 31.7 Å². The van der Waals surface area contributed by atoms with Crippen molar-refractivity contribution in [3.05, 3.63) is 0 Å². The number of hydrogen-bond donors (Lipinski definition) is 1. The quantitative estimate of drug-likeness (QED) is 0.768. The summed E-state index contributed by atoms with van der Waals surface area (Å²) in [5.41, 5.74) is 0. The first kappa shape index (κ1) is 12.4. The van der Waals surface area contributed by atoms with Gasteiger partial charge >= 0.3 is 5.97 Å². The van der Waals surface area contributed by atoms with Crippen molar-refractivity contribution < 1.29 is 14.7 Å². The lowest BCUT2D eigenvalue weighted by molar-refractivity contribution is -0.138. The van der Waals surface area contributed by atoms with Crippen LogP contribution in [0, 0.1) is 5.92 Å². The molecule has 1 amide bonds. The number of carboxylic acids is 1. The third kappa shape index (κ3) is 4.11. The molecule has 0 saturated carbocycles. The third-order valence-electron chi connectivity index (χ3n) is 2.62.